The Labute approximate surface area is 121 Å². The molecule has 1 aliphatic rings. The van der Waals surface area contributed by atoms with Gasteiger partial charge in [0.2, 0.25) is 0 Å². The van der Waals surface area contributed by atoms with Crippen LogP contribution in [0.5, 0.6) is 0 Å². The lowest BCUT2D eigenvalue weighted by molar-refractivity contribution is 0.463. The molecule has 0 aliphatic heterocycles. The third-order valence-electron chi connectivity index (χ3n) is 4.08. The van der Waals surface area contributed by atoms with Crippen molar-refractivity contribution in [1.29, 1.82) is 0 Å². The van der Waals surface area contributed by atoms with E-state index in [1.165, 1.54) is 0 Å². The summed E-state index contributed by atoms with van der Waals surface area (Å²) in [6.45, 7) is 0. The maximum absolute atomic E-state index is 12.8. The van der Waals surface area contributed by atoms with Crippen LogP contribution in [0.1, 0.15) is 24.7 Å². The Morgan fingerprint density at radius 1 is 1.29 bits per heavy atom. The van der Waals surface area contributed by atoms with Gasteiger partial charge in [-0.05, 0) is 24.8 Å². The summed E-state index contributed by atoms with van der Waals surface area (Å²) in [4.78, 5) is 25.6. The van der Waals surface area contributed by atoms with Crippen LogP contribution < -0.4 is 5.56 Å². The van der Waals surface area contributed by atoms with E-state index >= 15 is 0 Å². The van der Waals surface area contributed by atoms with E-state index in [4.69, 9.17) is 0 Å². The average molecular weight is 281 g/mol. The van der Waals surface area contributed by atoms with Crippen molar-refractivity contribution in [1.82, 2.24) is 24.1 Å². The smallest absolute Gasteiger partial charge is 0.263 e. The van der Waals surface area contributed by atoms with Crippen molar-refractivity contribution in [2.45, 2.75) is 18.9 Å². The molecule has 0 amide bonds. The molecule has 6 nitrogen and oxygen atoms in total. The Morgan fingerprint density at radius 3 is 2.86 bits per heavy atom. The molecule has 21 heavy (non-hydrogen) atoms. The summed E-state index contributed by atoms with van der Waals surface area (Å²) in [5, 5.41) is 0.555. The highest BCUT2D eigenvalue weighted by atomic mass is 16.1. The van der Waals surface area contributed by atoms with Crippen molar-refractivity contribution in [3.8, 4) is 0 Å². The quantitative estimate of drug-likeness (QED) is 0.730. The van der Waals surface area contributed by atoms with Gasteiger partial charge >= 0.3 is 0 Å². The monoisotopic (exact) mass is 281 g/mol. The Bertz CT molecular complexity index is 862. The molecule has 0 unspecified atom stereocenters. The van der Waals surface area contributed by atoms with Crippen LogP contribution in [-0.2, 0) is 7.05 Å². The van der Waals surface area contributed by atoms with E-state index in [2.05, 4.69) is 15.0 Å². The summed E-state index contributed by atoms with van der Waals surface area (Å²) in [5.74, 6) is 1.37. The highest BCUT2D eigenvalue weighted by Crippen LogP contribution is 2.42. The zero-order valence-electron chi connectivity index (χ0n) is 11.7. The van der Waals surface area contributed by atoms with Gasteiger partial charge in [0.05, 0.1) is 23.3 Å². The van der Waals surface area contributed by atoms with Crippen LogP contribution in [0.25, 0.3) is 10.9 Å². The first kappa shape index (κ1) is 12.3. The van der Waals surface area contributed by atoms with Crippen LogP contribution in [-0.4, -0.2) is 24.1 Å². The van der Waals surface area contributed by atoms with E-state index in [1.54, 1.807) is 35.6 Å². The molecular formula is C15H15N5O. The lowest BCUT2D eigenvalue weighted by Gasteiger charge is -2.19. The van der Waals surface area contributed by atoms with Crippen LogP contribution in [0.15, 0.2) is 42.0 Å². The van der Waals surface area contributed by atoms with Crippen molar-refractivity contribution in [2.24, 2.45) is 13.0 Å². The maximum Gasteiger partial charge on any atom is 0.263 e. The number of aryl methyl sites for hydroxylation is 1. The SMILES string of the molecule is Cn1ccnc1[C@H](C1CC1)n1cnc2ccncc2c1=O. The highest BCUT2D eigenvalue weighted by molar-refractivity contribution is 5.75. The number of nitrogens with zero attached hydrogens (tertiary/aromatic N) is 5. The molecular weight excluding hydrogens is 266 g/mol. The number of fused-ring (bicyclic) bond motifs is 1. The molecule has 0 spiro atoms. The molecule has 1 fully saturated rings. The molecule has 4 rings (SSSR count). The minimum atomic E-state index is -0.0481. The second-order valence-corrected chi connectivity index (χ2v) is 5.53. The molecule has 1 atom stereocenters. The van der Waals surface area contributed by atoms with Gasteiger partial charge in [-0.15, -0.1) is 0 Å². The van der Waals surface area contributed by atoms with Gasteiger partial charge in [0.15, 0.2) is 0 Å². The van der Waals surface area contributed by atoms with Crippen molar-refractivity contribution in [2.75, 3.05) is 0 Å². The summed E-state index contributed by atoms with van der Waals surface area (Å²) < 4.78 is 3.69. The molecule has 6 heteroatoms. The lowest BCUT2D eigenvalue weighted by atomic mass is 10.1. The normalized spacial score (nSPS) is 16.2. The highest BCUT2D eigenvalue weighted by Gasteiger charge is 2.36. The van der Waals surface area contributed by atoms with Gasteiger partial charge < -0.3 is 4.57 Å². The van der Waals surface area contributed by atoms with E-state index in [-0.39, 0.29) is 11.6 Å². The fourth-order valence-electron chi connectivity index (χ4n) is 2.81. The maximum atomic E-state index is 12.8. The minimum Gasteiger partial charge on any atom is -0.336 e. The third kappa shape index (κ3) is 1.94. The number of hydrogen-bond acceptors (Lipinski definition) is 4. The topological polar surface area (TPSA) is 65.6 Å². The van der Waals surface area contributed by atoms with Crippen LogP contribution in [0, 0.1) is 5.92 Å². The van der Waals surface area contributed by atoms with E-state index in [0.29, 0.717) is 16.8 Å². The minimum absolute atomic E-state index is 0.0467. The first-order valence-electron chi connectivity index (χ1n) is 7.04. The second-order valence-electron chi connectivity index (χ2n) is 5.53. The fourth-order valence-corrected chi connectivity index (χ4v) is 2.81. The fraction of sp³-hybridized carbons (Fsp3) is 0.333. The summed E-state index contributed by atoms with van der Waals surface area (Å²) in [7, 11) is 1.96. The van der Waals surface area contributed by atoms with E-state index in [9.17, 15) is 4.79 Å². The summed E-state index contributed by atoms with van der Waals surface area (Å²) in [5.41, 5.74) is 0.633. The van der Waals surface area contributed by atoms with Crippen molar-refractivity contribution < 1.29 is 0 Å². The molecule has 0 saturated heterocycles. The second kappa shape index (κ2) is 4.51. The summed E-state index contributed by atoms with van der Waals surface area (Å²) in [6.07, 6.45) is 10.8. The third-order valence-corrected chi connectivity index (χ3v) is 4.08. The van der Waals surface area contributed by atoms with Gasteiger partial charge in [0, 0.05) is 31.8 Å². The molecule has 1 aliphatic carbocycles. The van der Waals surface area contributed by atoms with Gasteiger partial charge in [-0.3, -0.25) is 14.3 Å². The molecule has 3 aromatic heterocycles. The standard InChI is InChI=1S/C15H15N5O/c1-19-7-6-17-14(19)13(10-2-3-10)20-9-18-12-4-5-16-8-11(12)15(20)21/h4-10,13H,2-3H2,1H3/t13-/m0/s1. The first-order valence-corrected chi connectivity index (χ1v) is 7.04. The van der Waals surface area contributed by atoms with Crippen LogP contribution in [0.3, 0.4) is 0 Å². The van der Waals surface area contributed by atoms with Gasteiger partial charge in [0.1, 0.15) is 5.82 Å². The van der Waals surface area contributed by atoms with Crippen molar-refractivity contribution in [3.63, 3.8) is 0 Å². The summed E-state index contributed by atoms with van der Waals surface area (Å²) >= 11 is 0. The van der Waals surface area contributed by atoms with Crippen LogP contribution >= 0.6 is 0 Å². The zero-order valence-corrected chi connectivity index (χ0v) is 11.7. The first-order chi connectivity index (χ1) is 10.3. The molecule has 0 bridgehead atoms. The molecule has 3 aromatic rings. The van der Waals surface area contributed by atoms with Gasteiger partial charge in [-0.25, -0.2) is 9.97 Å². The Hall–Kier alpha value is -2.50. The Morgan fingerprint density at radius 2 is 2.14 bits per heavy atom. The van der Waals surface area contributed by atoms with E-state index in [1.807, 2.05) is 17.8 Å². The lowest BCUT2D eigenvalue weighted by Crippen LogP contribution is -2.29. The van der Waals surface area contributed by atoms with E-state index in [0.717, 1.165) is 18.7 Å². The molecule has 0 radical (unpaired) electrons. The van der Waals surface area contributed by atoms with Gasteiger partial charge in [-0.2, -0.15) is 0 Å². The average Bonchev–Trinajstić information content (AvgIpc) is 3.25. The predicted molar refractivity (Wildman–Crippen MR) is 77.9 cm³/mol. The van der Waals surface area contributed by atoms with E-state index < -0.39 is 0 Å². The van der Waals surface area contributed by atoms with Gasteiger partial charge in [0.25, 0.3) is 5.56 Å². The number of imidazole rings is 1. The number of aromatic nitrogens is 5. The zero-order chi connectivity index (χ0) is 14.4. The molecule has 1 saturated carbocycles. The Balaban J connectivity index is 1.93. The predicted octanol–water partition coefficient (Wildman–Crippen LogP) is 1.52. The van der Waals surface area contributed by atoms with Crippen LogP contribution in [0.4, 0.5) is 0 Å². The molecule has 0 N–H and O–H groups in total. The van der Waals surface area contributed by atoms with Gasteiger partial charge in [-0.1, -0.05) is 0 Å². The van der Waals surface area contributed by atoms with Crippen LogP contribution in [0.2, 0.25) is 0 Å². The molecule has 3 heterocycles. The largest absolute Gasteiger partial charge is 0.336 e. The molecule has 0 aromatic carbocycles. The number of pyridine rings is 1. The van der Waals surface area contributed by atoms with Crippen molar-refractivity contribution in [3.05, 3.63) is 53.4 Å². The summed E-state index contributed by atoms with van der Waals surface area (Å²) in [6, 6.07) is 1.71. The molecule has 106 valence electrons. The van der Waals surface area contributed by atoms with Crippen molar-refractivity contribution >= 4 is 10.9 Å². The number of rotatable bonds is 3. The Kier molecular flexibility index (Phi) is 2.63. The number of hydrogen-bond donors (Lipinski definition) is 0.